The number of methoxy groups -OCH3 is 1. The Morgan fingerprint density at radius 2 is 1.80 bits per heavy atom. The standard InChI is InChI=1S/C33H46N2O4S/c1-5-6-20-35(32(37)26-13-8-7-9-14-26)21-18-25-16-17-28(29(23-25)27-15-11-10-12-24(27)2)31(36)34-30(19-22-40-4)33(38)39-3/h10-12,15-17,23,26,30H,5-9,13-14,18-22H2,1-4H3,(H,34,36). The van der Waals surface area contributed by atoms with Gasteiger partial charge in [0.25, 0.3) is 5.91 Å². The number of carbonyl (C=O) groups excluding carboxylic acids is 3. The number of nitrogens with one attached hydrogen (secondary N) is 1. The predicted octanol–water partition coefficient (Wildman–Crippen LogP) is 6.44. The van der Waals surface area contributed by atoms with Crippen LogP contribution in [0.3, 0.4) is 0 Å². The maximum atomic E-state index is 13.5. The maximum absolute atomic E-state index is 13.5. The molecule has 1 unspecified atom stereocenters. The molecule has 0 spiro atoms. The molecule has 2 amide bonds. The Morgan fingerprint density at radius 1 is 1.05 bits per heavy atom. The van der Waals surface area contributed by atoms with Crippen LogP contribution in [-0.2, 0) is 20.7 Å². The largest absolute Gasteiger partial charge is 0.467 e. The Kier molecular flexibility index (Phi) is 13.1. The van der Waals surface area contributed by atoms with Crippen molar-refractivity contribution in [2.75, 3.05) is 32.2 Å². The van der Waals surface area contributed by atoms with Crippen molar-refractivity contribution < 1.29 is 19.1 Å². The quantitative estimate of drug-likeness (QED) is 0.267. The third kappa shape index (κ3) is 8.85. The van der Waals surface area contributed by atoms with Gasteiger partial charge in [0.2, 0.25) is 5.91 Å². The van der Waals surface area contributed by atoms with Gasteiger partial charge in [0, 0.05) is 24.6 Å². The number of aryl methyl sites for hydroxylation is 1. The zero-order valence-electron chi connectivity index (χ0n) is 24.7. The molecule has 1 aliphatic rings. The lowest BCUT2D eigenvalue weighted by Gasteiger charge is -2.29. The Hall–Kier alpha value is -2.80. The van der Waals surface area contributed by atoms with Gasteiger partial charge < -0.3 is 15.0 Å². The van der Waals surface area contributed by atoms with Crippen molar-refractivity contribution in [3.05, 3.63) is 59.2 Å². The molecule has 6 nitrogen and oxygen atoms in total. The van der Waals surface area contributed by atoms with Crippen molar-refractivity contribution in [3.8, 4) is 11.1 Å². The molecular weight excluding hydrogens is 520 g/mol. The highest BCUT2D eigenvalue weighted by Gasteiger charge is 2.26. The molecule has 0 radical (unpaired) electrons. The second-order valence-electron chi connectivity index (χ2n) is 10.8. The predicted molar refractivity (Wildman–Crippen MR) is 165 cm³/mol. The first-order chi connectivity index (χ1) is 19.4. The molecule has 1 saturated carbocycles. The molecule has 3 rings (SSSR count). The molecule has 0 heterocycles. The molecule has 1 N–H and O–H groups in total. The topological polar surface area (TPSA) is 75.7 Å². The van der Waals surface area contributed by atoms with Crippen LogP contribution in [0.2, 0.25) is 0 Å². The number of unbranched alkanes of at least 4 members (excludes halogenated alkanes) is 1. The van der Waals surface area contributed by atoms with Crippen LogP contribution in [0.15, 0.2) is 42.5 Å². The monoisotopic (exact) mass is 566 g/mol. The van der Waals surface area contributed by atoms with E-state index in [0.717, 1.165) is 79.5 Å². The molecule has 7 heteroatoms. The number of hydrogen-bond acceptors (Lipinski definition) is 5. The number of rotatable bonds is 14. The summed E-state index contributed by atoms with van der Waals surface area (Å²) in [6.07, 6.45) is 10.8. The third-order valence-corrected chi connectivity index (χ3v) is 8.53. The van der Waals surface area contributed by atoms with E-state index in [4.69, 9.17) is 4.74 Å². The fourth-order valence-corrected chi connectivity index (χ4v) is 5.93. The Labute approximate surface area is 244 Å². The first kappa shape index (κ1) is 31.7. The van der Waals surface area contributed by atoms with Gasteiger partial charge in [-0.2, -0.15) is 11.8 Å². The van der Waals surface area contributed by atoms with E-state index in [-0.39, 0.29) is 11.8 Å². The second-order valence-corrected chi connectivity index (χ2v) is 11.8. The Bertz CT molecular complexity index is 1130. The number of ether oxygens (including phenoxy) is 1. The molecule has 218 valence electrons. The van der Waals surface area contributed by atoms with Gasteiger partial charge in [0.1, 0.15) is 6.04 Å². The van der Waals surface area contributed by atoms with Crippen molar-refractivity contribution in [1.82, 2.24) is 10.2 Å². The van der Waals surface area contributed by atoms with E-state index >= 15 is 0 Å². The normalized spacial score (nSPS) is 14.4. The molecule has 0 saturated heterocycles. The van der Waals surface area contributed by atoms with E-state index in [1.807, 2.05) is 49.6 Å². The van der Waals surface area contributed by atoms with Crippen molar-refractivity contribution in [3.63, 3.8) is 0 Å². The highest BCUT2D eigenvalue weighted by Crippen LogP contribution is 2.29. The Balaban J connectivity index is 1.86. The van der Waals surface area contributed by atoms with Gasteiger partial charge in [-0.25, -0.2) is 4.79 Å². The molecule has 1 aliphatic carbocycles. The second kappa shape index (κ2) is 16.5. The summed E-state index contributed by atoms with van der Waals surface area (Å²) < 4.78 is 4.95. The third-order valence-electron chi connectivity index (χ3n) is 7.88. The van der Waals surface area contributed by atoms with Crippen molar-refractivity contribution in [2.24, 2.45) is 5.92 Å². The summed E-state index contributed by atoms with van der Waals surface area (Å²) in [5.41, 5.74) is 4.49. The fourth-order valence-electron chi connectivity index (χ4n) is 5.46. The molecular formula is C33H46N2O4S. The van der Waals surface area contributed by atoms with Gasteiger partial charge >= 0.3 is 5.97 Å². The molecule has 0 bridgehead atoms. The molecule has 2 aromatic carbocycles. The minimum absolute atomic E-state index is 0.160. The van der Waals surface area contributed by atoms with Crippen LogP contribution in [0.25, 0.3) is 11.1 Å². The molecule has 1 fully saturated rings. The van der Waals surface area contributed by atoms with Crippen LogP contribution in [0.4, 0.5) is 0 Å². The van der Waals surface area contributed by atoms with E-state index in [1.54, 1.807) is 11.8 Å². The van der Waals surface area contributed by atoms with E-state index in [0.29, 0.717) is 24.4 Å². The summed E-state index contributed by atoms with van der Waals surface area (Å²) in [7, 11) is 1.34. The van der Waals surface area contributed by atoms with Crippen LogP contribution < -0.4 is 5.32 Å². The number of nitrogens with zero attached hydrogens (tertiary/aromatic N) is 1. The molecule has 2 aromatic rings. The Morgan fingerprint density at radius 3 is 2.48 bits per heavy atom. The van der Waals surface area contributed by atoms with E-state index in [9.17, 15) is 14.4 Å². The van der Waals surface area contributed by atoms with Crippen LogP contribution >= 0.6 is 11.8 Å². The van der Waals surface area contributed by atoms with Crippen LogP contribution in [0, 0.1) is 12.8 Å². The minimum Gasteiger partial charge on any atom is -0.467 e. The summed E-state index contributed by atoms with van der Waals surface area (Å²) in [6, 6.07) is 13.2. The van der Waals surface area contributed by atoms with Crippen molar-refractivity contribution >= 4 is 29.5 Å². The average molecular weight is 567 g/mol. The lowest BCUT2D eigenvalue weighted by Crippen LogP contribution is -2.42. The summed E-state index contributed by atoms with van der Waals surface area (Å²) in [6.45, 7) is 5.66. The van der Waals surface area contributed by atoms with E-state index in [2.05, 4.69) is 23.2 Å². The first-order valence-corrected chi connectivity index (χ1v) is 16.1. The lowest BCUT2D eigenvalue weighted by molar-refractivity contribution is -0.143. The lowest BCUT2D eigenvalue weighted by atomic mass is 9.88. The zero-order chi connectivity index (χ0) is 28.9. The summed E-state index contributed by atoms with van der Waals surface area (Å²) in [5, 5.41) is 2.91. The summed E-state index contributed by atoms with van der Waals surface area (Å²) in [4.78, 5) is 41.4. The van der Waals surface area contributed by atoms with Gasteiger partial charge in [0.15, 0.2) is 0 Å². The minimum atomic E-state index is -0.702. The van der Waals surface area contributed by atoms with Crippen LogP contribution in [0.5, 0.6) is 0 Å². The number of benzene rings is 2. The number of hydrogen-bond donors (Lipinski definition) is 1. The van der Waals surface area contributed by atoms with Gasteiger partial charge in [-0.1, -0.05) is 69.0 Å². The van der Waals surface area contributed by atoms with E-state index < -0.39 is 12.0 Å². The first-order valence-electron chi connectivity index (χ1n) is 14.7. The highest BCUT2D eigenvalue weighted by molar-refractivity contribution is 7.98. The highest BCUT2D eigenvalue weighted by atomic mass is 32.2. The maximum Gasteiger partial charge on any atom is 0.328 e. The zero-order valence-corrected chi connectivity index (χ0v) is 25.5. The van der Waals surface area contributed by atoms with Gasteiger partial charge in [-0.05, 0) is 79.4 Å². The van der Waals surface area contributed by atoms with Crippen LogP contribution in [0.1, 0.15) is 79.8 Å². The summed E-state index contributed by atoms with van der Waals surface area (Å²) >= 11 is 1.62. The smallest absolute Gasteiger partial charge is 0.328 e. The average Bonchev–Trinajstić information content (AvgIpc) is 2.99. The number of thioether (sulfide) groups is 1. The SMILES string of the molecule is CCCCN(CCc1ccc(C(=O)NC(CCSC)C(=O)OC)c(-c2ccccc2C)c1)C(=O)C1CCCCC1. The molecule has 40 heavy (non-hydrogen) atoms. The van der Waals surface area contributed by atoms with Gasteiger partial charge in [-0.15, -0.1) is 0 Å². The van der Waals surface area contributed by atoms with Crippen molar-refractivity contribution in [2.45, 2.75) is 77.7 Å². The fraction of sp³-hybridized carbons (Fsp3) is 0.545. The molecule has 0 aliphatic heterocycles. The number of esters is 1. The molecule has 1 atom stereocenters. The van der Waals surface area contributed by atoms with Crippen LogP contribution in [-0.4, -0.2) is 60.9 Å². The van der Waals surface area contributed by atoms with Crippen molar-refractivity contribution in [1.29, 1.82) is 0 Å². The van der Waals surface area contributed by atoms with E-state index in [1.165, 1.54) is 13.5 Å². The molecule has 0 aromatic heterocycles. The summed E-state index contributed by atoms with van der Waals surface area (Å²) in [5.74, 6) is 0.470. The van der Waals surface area contributed by atoms with Gasteiger partial charge in [0.05, 0.1) is 7.11 Å². The van der Waals surface area contributed by atoms with Gasteiger partial charge in [-0.3, -0.25) is 9.59 Å². The number of carbonyl (C=O) groups is 3. The number of amides is 2.